The summed E-state index contributed by atoms with van der Waals surface area (Å²) in [4.78, 5) is 17.4. The topological polar surface area (TPSA) is 68.5 Å². The molecule has 1 unspecified atom stereocenters. The first-order chi connectivity index (χ1) is 7.68. The van der Waals surface area contributed by atoms with Crippen molar-refractivity contribution in [1.29, 1.82) is 0 Å². The second-order valence-electron chi connectivity index (χ2n) is 3.86. The molecule has 1 aliphatic heterocycles. The normalized spacial score (nSPS) is 18.5. The van der Waals surface area contributed by atoms with Crippen molar-refractivity contribution < 1.29 is 14.1 Å². The van der Waals surface area contributed by atoms with Gasteiger partial charge in [0.15, 0.2) is 0 Å². The van der Waals surface area contributed by atoms with E-state index in [1.165, 1.54) is 6.92 Å². The van der Waals surface area contributed by atoms with Crippen LogP contribution in [-0.4, -0.2) is 42.2 Å². The highest BCUT2D eigenvalue weighted by Crippen LogP contribution is 2.18. The van der Waals surface area contributed by atoms with Gasteiger partial charge in [-0.15, -0.1) is 0 Å². The molecule has 6 nitrogen and oxygen atoms in total. The van der Waals surface area contributed by atoms with Crippen LogP contribution in [0.25, 0.3) is 0 Å². The molecular formula is C10H15N3O3. The summed E-state index contributed by atoms with van der Waals surface area (Å²) in [5.74, 6) is 0.625. The molecule has 0 aliphatic carbocycles. The Bertz CT molecular complexity index is 371. The molecule has 0 N–H and O–H groups in total. The van der Waals surface area contributed by atoms with Crippen molar-refractivity contribution in [3.63, 3.8) is 0 Å². The first-order valence-corrected chi connectivity index (χ1v) is 5.35. The van der Waals surface area contributed by atoms with Crippen LogP contribution in [0.15, 0.2) is 4.52 Å². The number of hydrogen-bond acceptors (Lipinski definition) is 6. The lowest BCUT2D eigenvalue weighted by atomic mass is 10.1. The van der Waals surface area contributed by atoms with E-state index >= 15 is 0 Å². The summed E-state index contributed by atoms with van der Waals surface area (Å²) < 4.78 is 10.3. The second-order valence-corrected chi connectivity index (χ2v) is 3.86. The Morgan fingerprint density at radius 2 is 2.12 bits per heavy atom. The molecule has 88 valence electrons. The first-order valence-electron chi connectivity index (χ1n) is 5.35. The highest BCUT2D eigenvalue weighted by molar-refractivity contribution is 5.81. The van der Waals surface area contributed by atoms with Crippen LogP contribution in [0, 0.1) is 0 Å². The Hall–Kier alpha value is -1.43. The molecule has 0 bridgehead atoms. The minimum absolute atomic E-state index is 0.0252. The summed E-state index contributed by atoms with van der Waals surface area (Å²) in [5.41, 5.74) is 0. The monoisotopic (exact) mass is 225 g/mol. The van der Waals surface area contributed by atoms with E-state index in [0.29, 0.717) is 25.1 Å². The van der Waals surface area contributed by atoms with E-state index in [0.717, 1.165) is 13.1 Å². The molecule has 1 atom stereocenters. The number of Topliss-reactive ketones (excluding diaryl/α,β-unsaturated/α-hetero) is 1. The number of nitrogens with zero attached hydrogens (tertiary/aromatic N) is 3. The summed E-state index contributed by atoms with van der Waals surface area (Å²) in [7, 11) is 0. The van der Waals surface area contributed by atoms with E-state index in [9.17, 15) is 4.79 Å². The fourth-order valence-corrected chi connectivity index (χ4v) is 1.47. The van der Waals surface area contributed by atoms with Gasteiger partial charge in [-0.25, -0.2) is 0 Å². The van der Waals surface area contributed by atoms with Crippen LogP contribution >= 0.6 is 0 Å². The number of rotatable bonds is 3. The average molecular weight is 225 g/mol. The summed E-state index contributed by atoms with van der Waals surface area (Å²) in [6.45, 7) is 6.14. The van der Waals surface area contributed by atoms with Gasteiger partial charge in [-0.1, -0.05) is 0 Å². The third kappa shape index (κ3) is 2.21. The molecule has 0 amide bonds. The van der Waals surface area contributed by atoms with Gasteiger partial charge in [-0.3, -0.25) is 4.79 Å². The van der Waals surface area contributed by atoms with Gasteiger partial charge in [0.1, 0.15) is 5.78 Å². The smallest absolute Gasteiger partial charge is 0.266 e. The Balaban J connectivity index is 2.09. The van der Waals surface area contributed by atoms with E-state index in [1.54, 1.807) is 6.92 Å². The fraction of sp³-hybridized carbons (Fsp3) is 0.700. The van der Waals surface area contributed by atoms with Gasteiger partial charge in [0.05, 0.1) is 19.1 Å². The molecule has 16 heavy (non-hydrogen) atoms. The van der Waals surface area contributed by atoms with Gasteiger partial charge < -0.3 is 14.2 Å². The zero-order valence-electron chi connectivity index (χ0n) is 9.47. The average Bonchev–Trinajstić information content (AvgIpc) is 2.78. The largest absolute Gasteiger partial charge is 0.378 e. The molecule has 0 radical (unpaired) electrons. The maximum Gasteiger partial charge on any atom is 0.266 e. The fourth-order valence-electron chi connectivity index (χ4n) is 1.47. The lowest BCUT2D eigenvalue weighted by Crippen LogP contribution is -2.36. The number of anilines is 1. The van der Waals surface area contributed by atoms with Gasteiger partial charge >= 0.3 is 0 Å². The lowest BCUT2D eigenvalue weighted by molar-refractivity contribution is -0.118. The minimum atomic E-state index is -0.331. The van der Waals surface area contributed by atoms with Gasteiger partial charge in [-0.05, 0) is 19.0 Å². The maximum atomic E-state index is 11.2. The number of ether oxygens (including phenoxy) is 1. The molecule has 6 heteroatoms. The van der Waals surface area contributed by atoms with Gasteiger partial charge in [0, 0.05) is 13.1 Å². The van der Waals surface area contributed by atoms with Crippen LogP contribution in [0.5, 0.6) is 0 Å². The van der Waals surface area contributed by atoms with Gasteiger partial charge in [0.25, 0.3) is 5.95 Å². The molecule has 0 aromatic carbocycles. The quantitative estimate of drug-likeness (QED) is 0.750. The Labute approximate surface area is 93.6 Å². The van der Waals surface area contributed by atoms with Crippen molar-refractivity contribution >= 4 is 11.7 Å². The van der Waals surface area contributed by atoms with E-state index in [1.807, 2.05) is 4.90 Å². The van der Waals surface area contributed by atoms with E-state index in [-0.39, 0.29) is 11.7 Å². The van der Waals surface area contributed by atoms with Crippen LogP contribution < -0.4 is 4.90 Å². The van der Waals surface area contributed by atoms with Crippen LogP contribution in [0.3, 0.4) is 0 Å². The predicted octanol–water partition coefficient (Wildman–Crippen LogP) is 0.599. The first kappa shape index (κ1) is 11.1. The van der Waals surface area contributed by atoms with Gasteiger partial charge in [-0.2, -0.15) is 4.98 Å². The van der Waals surface area contributed by atoms with Crippen LogP contribution in [0.2, 0.25) is 0 Å². The maximum absolute atomic E-state index is 11.2. The van der Waals surface area contributed by atoms with Crippen molar-refractivity contribution in [2.75, 3.05) is 31.2 Å². The number of aromatic nitrogens is 2. The van der Waals surface area contributed by atoms with Crippen molar-refractivity contribution in [3.05, 3.63) is 5.89 Å². The summed E-state index contributed by atoms with van der Waals surface area (Å²) in [5, 5.41) is 3.88. The zero-order valence-corrected chi connectivity index (χ0v) is 9.47. The third-order valence-corrected chi connectivity index (χ3v) is 2.71. The van der Waals surface area contributed by atoms with Crippen molar-refractivity contribution in [2.24, 2.45) is 0 Å². The summed E-state index contributed by atoms with van der Waals surface area (Å²) in [6.07, 6.45) is 0. The molecule has 1 aromatic heterocycles. The molecule has 2 heterocycles. The van der Waals surface area contributed by atoms with E-state index in [4.69, 9.17) is 9.26 Å². The Kier molecular flexibility index (Phi) is 3.19. The minimum Gasteiger partial charge on any atom is -0.378 e. The standard InChI is InChI=1S/C10H15N3O3/c1-7(8(2)14)9-11-10(12-16-9)13-3-5-15-6-4-13/h7H,3-6H2,1-2H3. The molecule has 1 fully saturated rings. The van der Waals surface area contributed by atoms with Crippen LogP contribution in [-0.2, 0) is 9.53 Å². The second kappa shape index (κ2) is 4.61. The Morgan fingerprint density at radius 1 is 1.44 bits per heavy atom. The lowest BCUT2D eigenvalue weighted by Gasteiger charge is -2.24. The predicted molar refractivity (Wildman–Crippen MR) is 56.4 cm³/mol. The van der Waals surface area contributed by atoms with Crippen molar-refractivity contribution in [2.45, 2.75) is 19.8 Å². The number of carbonyl (C=O) groups excluding carboxylic acids is 1. The number of ketones is 1. The molecule has 0 spiro atoms. The molecule has 1 aliphatic rings. The number of hydrogen-bond donors (Lipinski definition) is 0. The van der Waals surface area contributed by atoms with E-state index in [2.05, 4.69) is 10.1 Å². The number of morpholine rings is 1. The SMILES string of the molecule is CC(=O)C(C)c1nc(N2CCOCC2)no1. The van der Waals surface area contributed by atoms with Gasteiger partial charge in [0.2, 0.25) is 5.89 Å². The molecule has 1 saturated heterocycles. The molecule has 0 saturated carbocycles. The van der Waals surface area contributed by atoms with Crippen molar-refractivity contribution in [3.8, 4) is 0 Å². The molecule has 1 aromatic rings. The molecule has 2 rings (SSSR count). The Morgan fingerprint density at radius 3 is 2.75 bits per heavy atom. The zero-order chi connectivity index (χ0) is 11.5. The van der Waals surface area contributed by atoms with Crippen LogP contribution in [0.1, 0.15) is 25.7 Å². The van der Waals surface area contributed by atoms with Crippen LogP contribution in [0.4, 0.5) is 5.95 Å². The van der Waals surface area contributed by atoms with Crippen molar-refractivity contribution in [1.82, 2.24) is 10.1 Å². The summed E-state index contributed by atoms with van der Waals surface area (Å²) >= 11 is 0. The molecular weight excluding hydrogens is 210 g/mol. The third-order valence-electron chi connectivity index (χ3n) is 2.71. The highest BCUT2D eigenvalue weighted by atomic mass is 16.5. The highest BCUT2D eigenvalue weighted by Gasteiger charge is 2.21. The number of carbonyl (C=O) groups is 1. The van der Waals surface area contributed by atoms with E-state index < -0.39 is 0 Å². The summed E-state index contributed by atoms with van der Waals surface area (Å²) in [6, 6.07) is 0.